The van der Waals surface area contributed by atoms with Crippen LogP contribution < -0.4 is 5.32 Å². The van der Waals surface area contributed by atoms with Crippen molar-refractivity contribution >= 4 is 18.2 Å². The second kappa shape index (κ2) is 3.30. The first-order chi connectivity index (χ1) is 7.09. The molecule has 3 amide bonds. The number of rotatable bonds is 2. The molecule has 2 fully saturated rings. The number of nitrogens with zero attached hydrogens (tertiary/aromatic N) is 2. The van der Waals surface area contributed by atoms with Crippen LogP contribution in [0.2, 0.25) is 0 Å². The van der Waals surface area contributed by atoms with Crippen LogP contribution in [0.25, 0.3) is 0 Å². The third-order valence-electron chi connectivity index (χ3n) is 2.96. The summed E-state index contributed by atoms with van der Waals surface area (Å²) in [5, 5.41) is 2.68. The molecule has 2 aliphatic rings. The highest BCUT2D eigenvalue weighted by Crippen LogP contribution is 2.27. The Balaban J connectivity index is 2.21. The van der Waals surface area contributed by atoms with E-state index in [1.165, 1.54) is 0 Å². The van der Waals surface area contributed by atoms with E-state index in [0.717, 1.165) is 11.4 Å². The van der Waals surface area contributed by atoms with Gasteiger partial charge < -0.3 is 15.0 Å². The van der Waals surface area contributed by atoms with Crippen LogP contribution in [0.15, 0.2) is 0 Å². The van der Waals surface area contributed by atoms with Gasteiger partial charge in [0.15, 0.2) is 0 Å². The van der Waals surface area contributed by atoms with E-state index >= 15 is 0 Å². The Morgan fingerprint density at radius 1 is 1.53 bits per heavy atom. The first-order valence-corrected chi connectivity index (χ1v) is 4.85. The SMILES string of the molecule is CN1CCC2(C1)NC(=O)N(CC=O)C2=O. The Morgan fingerprint density at radius 2 is 2.27 bits per heavy atom. The average Bonchev–Trinajstić information content (AvgIpc) is 2.64. The molecule has 15 heavy (non-hydrogen) atoms. The highest BCUT2D eigenvalue weighted by atomic mass is 16.2. The molecule has 6 heteroatoms. The average molecular weight is 211 g/mol. The minimum Gasteiger partial charge on any atom is -0.322 e. The molecule has 2 heterocycles. The Morgan fingerprint density at radius 3 is 2.80 bits per heavy atom. The number of carbonyl (C=O) groups is 3. The third kappa shape index (κ3) is 1.41. The molecule has 1 N–H and O–H groups in total. The maximum absolute atomic E-state index is 11.9. The van der Waals surface area contributed by atoms with Crippen molar-refractivity contribution in [2.75, 3.05) is 26.7 Å². The number of likely N-dealkylation sites (tertiary alicyclic amines) is 1. The minimum atomic E-state index is -0.783. The number of likely N-dealkylation sites (N-methyl/N-ethyl adjacent to an activating group) is 1. The normalized spacial score (nSPS) is 31.4. The zero-order valence-electron chi connectivity index (χ0n) is 8.52. The molecule has 0 bridgehead atoms. The first-order valence-electron chi connectivity index (χ1n) is 4.85. The van der Waals surface area contributed by atoms with Crippen molar-refractivity contribution in [2.24, 2.45) is 0 Å². The van der Waals surface area contributed by atoms with Crippen molar-refractivity contribution in [3.8, 4) is 0 Å². The lowest BCUT2D eigenvalue weighted by atomic mass is 9.99. The van der Waals surface area contributed by atoms with Gasteiger partial charge in [-0.1, -0.05) is 0 Å². The van der Waals surface area contributed by atoms with E-state index in [0.29, 0.717) is 19.3 Å². The minimum absolute atomic E-state index is 0.157. The van der Waals surface area contributed by atoms with E-state index < -0.39 is 11.6 Å². The fraction of sp³-hybridized carbons (Fsp3) is 0.667. The molecule has 1 atom stereocenters. The van der Waals surface area contributed by atoms with Crippen molar-refractivity contribution < 1.29 is 14.4 Å². The summed E-state index contributed by atoms with van der Waals surface area (Å²) in [5.41, 5.74) is -0.783. The highest BCUT2D eigenvalue weighted by molar-refractivity contribution is 6.08. The summed E-state index contributed by atoms with van der Waals surface area (Å²) < 4.78 is 0. The van der Waals surface area contributed by atoms with Gasteiger partial charge in [0, 0.05) is 13.1 Å². The summed E-state index contributed by atoms with van der Waals surface area (Å²) in [6, 6.07) is -0.456. The molecule has 0 aromatic heterocycles. The molecule has 6 nitrogen and oxygen atoms in total. The van der Waals surface area contributed by atoms with E-state index in [9.17, 15) is 14.4 Å². The third-order valence-corrected chi connectivity index (χ3v) is 2.96. The molecular formula is C9H13N3O3. The van der Waals surface area contributed by atoms with E-state index in [2.05, 4.69) is 5.32 Å². The number of urea groups is 1. The van der Waals surface area contributed by atoms with Gasteiger partial charge in [0.1, 0.15) is 11.8 Å². The van der Waals surface area contributed by atoms with Gasteiger partial charge in [0.05, 0.1) is 6.54 Å². The van der Waals surface area contributed by atoms with Crippen molar-refractivity contribution in [3.63, 3.8) is 0 Å². The van der Waals surface area contributed by atoms with E-state index in [-0.39, 0.29) is 12.5 Å². The molecule has 0 aliphatic carbocycles. The predicted molar refractivity (Wildman–Crippen MR) is 51.2 cm³/mol. The molecule has 0 aromatic carbocycles. The molecule has 1 spiro atoms. The van der Waals surface area contributed by atoms with Crippen LogP contribution in [0.5, 0.6) is 0 Å². The van der Waals surface area contributed by atoms with Crippen molar-refractivity contribution in [1.82, 2.24) is 15.1 Å². The second-order valence-electron chi connectivity index (χ2n) is 4.08. The van der Waals surface area contributed by atoms with Gasteiger partial charge in [-0.05, 0) is 13.5 Å². The van der Waals surface area contributed by atoms with E-state index in [1.54, 1.807) is 0 Å². The molecular weight excluding hydrogens is 198 g/mol. The lowest BCUT2D eigenvalue weighted by Gasteiger charge is -2.19. The Bertz CT molecular complexity index is 331. The lowest BCUT2D eigenvalue weighted by Crippen LogP contribution is -2.48. The zero-order valence-corrected chi connectivity index (χ0v) is 8.52. The molecule has 2 aliphatic heterocycles. The molecule has 0 aromatic rings. The quantitative estimate of drug-likeness (QED) is 0.460. The van der Waals surface area contributed by atoms with Gasteiger partial charge in [-0.25, -0.2) is 4.79 Å². The highest BCUT2D eigenvalue weighted by Gasteiger charge is 2.53. The van der Waals surface area contributed by atoms with Crippen LogP contribution in [0.1, 0.15) is 6.42 Å². The maximum atomic E-state index is 11.9. The Kier molecular flexibility index (Phi) is 2.22. The number of aldehydes is 1. The summed E-state index contributed by atoms with van der Waals surface area (Å²) in [5.74, 6) is -0.274. The van der Waals surface area contributed by atoms with Crippen LogP contribution in [-0.2, 0) is 9.59 Å². The van der Waals surface area contributed by atoms with Gasteiger partial charge >= 0.3 is 6.03 Å². The van der Waals surface area contributed by atoms with Crippen molar-refractivity contribution in [2.45, 2.75) is 12.0 Å². The standard InChI is InChI=1S/C9H13N3O3/c1-11-3-2-9(6-11)7(14)12(4-5-13)8(15)10-9/h5H,2-4,6H2,1H3,(H,10,15). The molecule has 1 unspecified atom stereocenters. The summed E-state index contributed by atoms with van der Waals surface area (Å²) in [7, 11) is 1.90. The number of amides is 3. The van der Waals surface area contributed by atoms with Crippen molar-refractivity contribution in [3.05, 3.63) is 0 Å². The topological polar surface area (TPSA) is 69.7 Å². The van der Waals surface area contributed by atoms with Gasteiger partial charge in [-0.3, -0.25) is 9.69 Å². The van der Waals surface area contributed by atoms with Gasteiger partial charge in [0.25, 0.3) is 5.91 Å². The first kappa shape index (κ1) is 10.1. The number of imide groups is 1. The van der Waals surface area contributed by atoms with Crippen LogP contribution >= 0.6 is 0 Å². The molecule has 0 radical (unpaired) electrons. The van der Waals surface area contributed by atoms with E-state index in [4.69, 9.17) is 0 Å². The van der Waals surface area contributed by atoms with Gasteiger partial charge in [0.2, 0.25) is 0 Å². The molecule has 0 saturated carbocycles. The van der Waals surface area contributed by atoms with Gasteiger partial charge in [-0.2, -0.15) is 0 Å². The molecule has 2 rings (SSSR count). The van der Waals surface area contributed by atoms with Crippen LogP contribution in [-0.4, -0.2) is 60.2 Å². The summed E-state index contributed by atoms with van der Waals surface area (Å²) in [4.78, 5) is 36.7. The van der Waals surface area contributed by atoms with Gasteiger partial charge in [-0.15, -0.1) is 0 Å². The summed E-state index contributed by atoms with van der Waals surface area (Å²) in [6.45, 7) is 1.14. The number of carbonyl (C=O) groups excluding carboxylic acids is 3. The molecule has 2 saturated heterocycles. The lowest BCUT2D eigenvalue weighted by molar-refractivity contribution is -0.132. The second-order valence-corrected chi connectivity index (χ2v) is 4.08. The van der Waals surface area contributed by atoms with Crippen LogP contribution in [0.4, 0.5) is 4.79 Å². The largest absolute Gasteiger partial charge is 0.325 e. The maximum Gasteiger partial charge on any atom is 0.325 e. The fourth-order valence-electron chi connectivity index (χ4n) is 2.19. The number of hydrogen-bond acceptors (Lipinski definition) is 4. The predicted octanol–water partition coefficient (Wildman–Crippen LogP) is -1.19. The van der Waals surface area contributed by atoms with Crippen molar-refractivity contribution in [1.29, 1.82) is 0 Å². The van der Waals surface area contributed by atoms with E-state index in [1.807, 2.05) is 11.9 Å². The Hall–Kier alpha value is -1.43. The summed E-state index contributed by atoms with van der Waals surface area (Å²) in [6.07, 6.45) is 1.18. The molecule has 82 valence electrons. The fourth-order valence-corrected chi connectivity index (χ4v) is 2.19. The number of hydrogen-bond donors (Lipinski definition) is 1. The number of nitrogens with one attached hydrogen (secondary N) is 1. The zero-order chi connectivity index (χ0) is 11.1. The monoisotopic (exact) mass is 211 g/mol. The van der Waals surface area contributed by atoms with Crippen LogP contribution in [0, 0.1) is 0 Å². The smallest absolute Gasteiger partial charge is 0.322 e. The Labute approximate surface area is 87.2 Å². The van der Waals surface area contributed by atoms with Crippen LogP contribution in [0.3, 0.4) is 0 Å². The summed E-state index contributed by atoms with van der Waals surface area (Å²) >= 11 is 0.